The third-order valence-corrected chi connectivity index (χ3v) is 7.84. The largest absolute Gasteiger partial charge is 0.417 e. The van der Waals surface area contributed by atoms with E-state index in [1.54, 1.807) is 0 Å². The van der Waals surface area contributed by atoms with Gasteiger partial charge in [0.15, 0.2) is 8.32 Å². The smallest absolute Gasteiger partial charge is 0.191 e. The molecular weight excluding hydrogens is 212 g/mol. The molecule has 0 bridgehead atoms. The molecule has 0 unspecified atom stereocenters. The van der Waals surface area contributed by atoms with E-state index in [2.05, 4.69) is 46.5 Å². The first kappa shape index (κ1) is 15.7. The van der Waals surface area contributed by atoms with E-state index >= 15 is 0 Å². The second-order valence-electron chi connectivity index (χ2n) is 5.77. The molecule has 0 aromatic carbocycles. The molecule has 1 nitrogen and oxygen atoms in total. The van der Waals surface area contributed by atoms with E-state index < -0.39 is 8.32 Å². The second kappa shape index (κ2) is 7.07. The van der Waals surface area contributed by atoms with Crippen molar-refractivity contribution in [3.8, 4) is 0 Å². The Labute approximate surface area is 103 Å². The van der Waals surface area contributed by atoms with E-state index in [1.165, 1.54) is 6.42 Å². The highest BCUT2D eigenvalue weighted by molar-refractivity contribution is 6.74. The lowest BCUT2D eigenvalue weighted by Crippen LogP contribution is -2.40. The number of hydrogen-bond donors (Lipinski definition) is 0. The zero-order chi connectivity index (χ0) is 12.7. The molecule has 0 radical (unpaired) electrons. The van der Waals surface area contributed by atoms with Crippen LogP contribution in [-0.4, -0.2) is 14.9 Å². The molecule has 0 saturated heterocycles. The Hall–Kier alpha value is -0.343. The van der Waals surface area contributed by atoms with E-state index in [0.29, 0.717) is 5.04 Å². The predicted molar refractivity (Wildman–Crippen MR) is 76.3 cm³/mol. The lowest BCUT2D eigenvalue weighted by atomic mass is 10.2. The van der Waals surface area contributed by atoms with Crippen LogP contribution in [0.4, 0.5) is 0 Å². The molecule has 0 saturated carbocycles. The topological polar surface area (TPSA) is 9.23 Å². The third kappa shape index (κ3) is 6.29. The third-order valence-electron chi connectivity index (χ3n) is 3.31. The van der Waals surface area contributed by atoms with Crippen LogP contribution in [0.1, 0.15) is 40.0 Å². The number of hydrogen-bond acceptors (Lipinski definition) is 1. The quantitative estimate of drug-likeness (QED) is 0.349. The van der Waals surface area contributed by atoms with Gasteiger partial charge in [-0.05, 0) is 37.4 Å². The van der Waals surface area contributed by atoms with Crippen molar-refractivity contribution >= 4 is 8.32 Å². The summed E-state index contributed by atoms with van der Waals surface area (Å²) in [5.74, 6) is 0. The molecule has 0 N–H and O–H groups in total. The van der Waals surface area contributed by atoms with Crippen LogP contribution in [0.2, 0.25) is 18.1 Å². The molecule has 0 fully saturated rings. The Morgan fingerprint density at radius 3 is 2.31 bits per heavy atom. The average molecular weight is 240 g/mol. The first-order chi connectivity index (χ1) is 7.31. The van der Waals surface area contributed by atoms with Gasteiger partial charge in [-0.2, -0.15) is 0 Å². The molecule has 0 rings (SSSR count). The Morgan fingerprint density at radius 1 is 1.19 bits per heavy atom. The minimum absolute atomic E-state index is 0.329. The molecule has 0 amide bonds. The molecule has 94 valence electrons. The van der Waals surface area contributed by atoms with Crippen molar-refractivity contribution in [2.45, 2.75) is 58.2 Å². The summed E-state index contributed by atoms with van der Waals surface area (Å²) in [6, 6.07) is 0. The number of unbranched alkanes of at least 4 members (excludes halogenated alkanes) is 2. The van der Waals surface area contributed by atoms with Gasteiger partial charge in [0.2, 0.25) is 0 Å². The maximum atomic E-state index is 6.10. The first-order valence-corrected chi connectivity index (χ1v) is 9.13. The highest BCUT2D eigenvalue weighted by atomic mass is 28.4. The normalized spacial score (nSPS) is 13.3. The lowest BCUT2D eigenvalue weighted by Gasteiger charge is -2.36. The van der Waals surface area contributed by atoms with Gasteiger partial charge in [0.1, 0.15) is 0 Å². The van der Waals surface area contributed by atoms with E-state index in [0.717, 1.165) is 19.4 Å². The van der Waals surface area contributed by atoms with Gasteiger partial charge in [0.05, 0.1) is 0 Å². The monoisotopic (exact) mass is 240 g/mol. The Bertz CT molecular complexity index is 223. The van der Waals surface area contributed by atoms with Crippen LogP contribution in [0.15, 0.2) is 24.8 Å². The van der Waals surface area contributed by atoms with Gasteiger partial charge >= 0.3 is 0 Å². The zero-order valence-electron chi connectivity index (χ0n) is 11.7. The van der Waals surface area contributed by atoms with Crippen LogP contribution in [-0.2, 0) is 4.43 Å². The molecule has 0 aromatic heterocycles. The molecular formula is C14H28OSi. The predicted octanol–water partition coefficient (Wildman–Crippen LogP) is 4.92. The van der Waals surface area contributed by atoms with Crippen LogP contribution in [0.5, 0.6) is 0 Å². The molecule has 0 heterocycles. The van der Waals surface area contributed by atoms with Gasteiger partial charge in [-0.3, -0.25) is 0 Å². The Balaban J connectivity index is 3.66. The fraction of sp³-hybridized carbons (Fsp3) is 0.714. The SMILES string of the molecule is C=C/C=C/CCCCO[Si](C)(C)C(C)(C)C. The van der Waals surface area contributed by atoms with E-state index in [-0.39, 0.29) is 0 Å². The summed E-state index contributed by atoms with van der Waals surface area (Å²) in [5.41, 5.74) is 0. The fourth-order valence-corrected chi connectivity index (χ4v) is 2.19. The maximum Gasteiger partial charge on any atom is 0.191 e. The van der Waals surface area contributed by atoms with Gasteiger partial charge in [-0.1, -0.05) is 45.6 Å². The van der Waals surface area contributed by atoms with Gasteiger partial charge in [-0.15, -0.1) is 0 Å². The van der Waals surface area contributed by atoms with Crippen molar-refractivity contribution in [3.63, 3.8) is 0 Å². The van der Waals surface area contributed by atoms with E-state index in [1.807, 2.05) is 12.2 Å². The van der Waals surface area contributed by atoms with E-state index in [9.17, 15) is 0 Å². The van der Waals surface area contributed by atoms with Crippen molar-refractivity contribution in [2.24, 2.45) is 0 Å². The van der Waals surface area contributed by atoms with Crippen molar-refractivity contribution in [2.75, 3.05) is 6.61 Å². The summed E-state index contributed by atoms with van der Waals surface area (Å²) in [7, 11) is -1.51. The van der Waals surface area contributed by atoms with Gasteiger partial charge in [0.25, 0.3) is 0 Å². The minimum atomic E-state index is -1.51. The first-order valence-electron chi connectivity index (χ1n) is 6.23. The summed E-state index contributed by atoms with van der Waals surface area (Å²) < 4.78 is 6.10. The molecule has 2 heteroatoms. The summed E-state index contributed by atoms with van der Waals surface area (Å²) in [5, 5.41) is 0.329. The fourth-order valence-electron chi connectivity index (χ4n) is 1.10. The average Bonchev–Trinajstić information content (AvgIpc) is 2.14. The van der Waals surface area contributed by atoms with Gasteiger partial charge < -0.3 is 4.43 Å². The van der Waals surface area contributed by atoms with Gasteiger partial charge in [0, 0.05) is 6.61 Å². The van der Waals surface area contributed by atoms with Gasteiger partial charge in [-0.25, -0.2) is 0 Å². The van der Waals surface area contributed by atoms with Crippen LogP contribution in [0, 0.1) is 0 Å². The number of rotatable bonds is 7. The highest BCUT2D eigenvalue weighted by Crippen LogP contribution is 2.36. The highest BCUT2D eigenvalue weighted by Gasteiger charge is 2.36. The molecule has 0 aliphatic heterocycles. The Morgan fingerprint density at radius 2 is 1.81 bits per heavy atom. The standard InChI is InChI=1S/C14H28OSi/c1-7-8-9-10-11-12-13-15-16(5,6)14(2,3)4/h7-9H,1,10-13H2,2-6H3/b9-8+. The van der Waals surface area contributed by atoms with Crippen LogP contribution in [0.25, 0.3) is 0 Å². The number of allylic oxidation sites excluding steroid dienone is 3. The maximum absolute atomic E-state index is 6.10. The second-order valence-corrected chi connectivity index (χ2v) is 10.6. The van der Waals surface area contributed by atoms with Crippen LogP contribution >= 0.6 is 0 Å². The van der Waals surface area contributed by atoms with Crippen LogP contribution < -0.4 is 0 Å². The van der Waals surface area contributed by atoms with Crippen LogP contribution in [0.3, 0.4) is 0 Å². The Kier molecular flexibility index (Phi) is 6.92. The van der Waals surface area contributed by atoms with Crippen molar-refractivity contribution < 1.29 is 4.43 Å². The lowest BCUT2D eigenvalue weighted by molar-refractivity contribution is 0.279. The summed E-state index contributed by atoms with van der Waals surface area (Å²) in [6.07, 6.45) is 9.50. The minimum Gasteiger partial charge on any atom is -0.417 e. The summed E-state index contributed by atoms with van der Waals surface area (Å²) in [6.45, 7) is 16.0. The molecule has 0 atom stereocenters. The summed E-state index contributed by atoms with van der Waals surface area (Å²) >= 11 is 0. The van der Waals surface area contributed by atoms with Crippen molar-refractivity contribution in [3.05, 3.63) is 24.8 Å². The van der Waals surface area contributed by atoms with Crippen molar-refractivity contribution in [1.29, 1.82) is 0 Å². The molecule has 0 aliphatic rings. The zero-order valence-corrected chi connectivity index (χ0v) is 12.7. The molecule has 16 heavy (non-hydrogen) atoms. The van der Waals surface area contributed by atoms with Crippen molar-refractivity contribution in [1.82, 2.24) is 0 Å². The van der Waals surface area contributed by atoms with E-state index in [4.69, 9.17) is 4.43 Å². The molecule has 0 aliphatic carbocycles. The summed E-state index contributed by atoms with van der Waals surface area (Å²) in [4.78, 5) is 0. The molecule has 0 spiro atoms. The molecule has 0 aromatic rings.